The van der Waals surface area contributed by atoms with Crippen LogP contribution in [0.25, 0.3) is 27.8 Å². The first-order valence-corrected chi connectivity index (χ1v) is 10.9. The number of hydrogen-bond donors (Lipinski definition) is 1. The van der Waals surface area contributed by atoms with Crippen LogP contribution < -0.4 is 5.32 Å². The number of pyridine rings is 1. The number of alkyl halides is 3. The van der Waals surface area contributed by atoms with Crippen molar-refractivity contribution in [3.05, 3.63) is 107 Å². The van der Waals surface area contributed by atoms with Gasteiger partial charge in [0.25, 0.3) is 5.91 Å². The van der Waals surface area contributed by atoms with Crippen molar-refractivity contribution in [2.45, 2.75) is 6.18 Å². The summed E-state index contributed by atoms with van der Waals surface area (Å²) in [6.45, 7) is 0. The number of halogens is 4. The zero-order valence-corrected chi connectivity index (χ0v) is 18.7. The van der Waals surface area contributed by atoms with Crippen molar-refractivity contribution >= 4 is 34.1 Å². The quantitative estimate of drug-likeness (QED) is 0.293. The summed E-state index contributed by atoms with van der Waals surface area (Å²) in [6.07, 6.45) is -2.96. The van der Waals surface area contributed by atoms with Gasteiger partial charge in [-0.2, -0.15) is 18.3 Å². The average molecular weight is 493 g/mol. The molecule has 0 saturated heterocycles. The van der Waals surface area contributed by atoms with E-state index < -0.39 is 11.9 Å². The second-order valence-corrected chi connectivity index (χ2v) is 8.09. The van der Waals surface area contributed by atoms with E-state index in [0.717, 1.165) is 21.7 Å². The molecule has 5 aromatic rings. The Hall–Kier alpha value is -4.17. The number of fused-ring (bicyclic) bond motifs is 1. The number of nitrogens with one attached hydrogen (secondary N) is 1. The number of nitrogens with zero attached hydrogens (tertiary/aromatic N) is 3. The second kappa shape index (κ2) is 8.88. The van der Waals surface area contributed by atoms with Gasteiger partial charge in [-0.3, -0.25) is 9.78 Å². The fourth-order valence-corrected chi connectivity index (χ4v) is 3.95. The molecule has 1 N–H and O–H groups in total. The molecule has 5 rings (SSSR count). The lowest BCUT2D eigenvalue weighted by atomic mass is 10.1. The lowest BCUT2D eigenvalue weighted by Crippen LogP contribution is -2.12. The van der Waals surface area contributed by atoms with Crippen LogP contribution in [0.3, 0.4) is 0 Å². The standard InChI is InChI=1S/C26H16ClF3N4O/c27-19-6-1-2-9-22(19)34-23(15-24(33-34)26(28,29)30)16-10-12-17(13-11-16)25(35)32-21-8-3-7-20-18(21)5-4-14-31-20/h1-15H,(H,32,35). The van der Waals surface area contributed by atoms with Gasteiger partial charge in [-0.25, -0.2) is 4.68 Å². The minimum Gasteiger partial charge on any atom is -0.321 e. The molecule has 9 heteroatoms. The van der Waals surface area contributed by atoms with Crippen LogP contribution in [-0.4, -0.2) is 20.7 Å². The number of aromatic nitrogens is 3. The van der Waals surface area contributed by atoms with Crippen LogP contribution in [0, 0.1) is 0 Å². The van der Waals surface area contributed by atoms with Gasteiger partial charge in [0, 0.05) is 22.7 Å². The highest BCUT2D eigenvalue weighted by Crippen LogP contribution is 2.34. The van der Waals surface area contributed by atoms with Crippen LogP contribution in [0.2, 0.25) is 5.02 Å². The van der Waals surface area contributed by atoms with Crippen molar-refractivity contribution in [2.75, 3.05) is 5.32 Å². The third-order valence-electron chi connectivity index (χ3n) is 5.42. The lowest BCUT2D eigenvalue weighted by Gasteiger charge is -2.11. The first-order chi connectivity index (χ1) is 16.8. The normalized spacial score (nSPS) is 11.5. The van der Waals surface area contributed by atoms with E-state index in [1.165, 1.54) is 0 Å². The topological polar surface area (TPSA) is 59.8 Å². The molecule has 0 aliphatic rings. The molecule has 0 saturated carbocycles. The van der Waals surface area contributed by atoms with Gasteiger partial charge in [0.1, 0.15) is 0 Å². The number of carbonyl (C=O) groups is 1. The minimum absolute atomic E-state index is 0.192. The minimum atomic E-state index is -4.63. The Labute approximate surface area is 202 Å². The Kier molecular flexibility index (Phi) is 5.74. The molecule has 0 aliphatic carbocycles. The van der Waals surface area contributed by atoms with E-state index in [2.05, 4.69) is 15.4 Å². The van der Waals surface area contributed by atoms with Crippen LogP contribution in [0.4, 0.5) is 18.9 Å². The van der Waals surface area contributed by atoms with Gasteiger partial charge in [-0.05, 0) is 54.6 Å². The molecule has 174 valence electrons. The highest BCUT2D eigenvalue weighted by Gasteiger charge is 2.35. The van der Waals surface area contributed by atoms with Crippen LogP contribution in [0.5, 0.6) is 0 Å². The molecule has 0 aliphatic heterocycles. The predicted molar refractivity (Wildman–Crippen MR) is 129 cm³/mol. The first kappa shape index (κ1) is 22.6. The van der Waals surface area contributed by atoms with Crippen molar-refractivity contribution < 1.29 is 18.0 Å². The summed E-state index contributed by atoms with van der Waals surface area (Å²) in [6, 6.07) is 22.8. The number of benzene rings is 3. The third kappa shape index (κ3) is 4.48. The molecule has 1 amide bonds. The molecule has 0 atom stereocenters. The summed E-state index contributed by atoms with van der Waals surface area (Å²) in [5, 5.41) is 7.67. The number of anilines is 1. The largest absolute Gasteiger partial charge is 0.435 e. The molecule has 0 spiro atoms. The maximum absolute atomic E-state index is 13.4. The summed E-state index contributed by atoms with van der Waals surface area (Å²) in [5.41, 5.74) is 1.60. The highest BCUT2D eigenvalue weighted by atomic mass is 35.5. The zero-order valence-electron chi connectivity index (χ0n) is 17.9. The summed E-state index contributed by atoms with van der Waals surface area (Å²) >= 11 is 6.23. The number of para-hydroxylation sites is 1. The van der Waals surface area contributed by atoms with Crippen LogP contribution in [-0.2, 0) is 6.18 Å². The van der Waals surface area contributed by atoms with E-state index >= 15 is 0 Å². The van der Waals surface area contributed by atoms with Gasteiger partial charge >= 0.3 is 6.18 Å². The third-order valence-corrected chi connectivity index (χ3v) is 5.74. The number of carbonyl (C=O) groups excluding carboxylic acids is 1. The SMILES string of the molecule is O=C(Nc1cccc2ncccc12)c1ccc(-c2cc(C(F)(F)F)nn2-c2ccccc2Cl)cc1. The maximum atomic E-state index is 13.4. The smallest absolute Gasteiger partial charge is 0.321 e. The van der Waals surface area contributed by atoms with Crippen LogP contribution >= 0.6 is 11.6 Å². The van der Waals surface area contributed by atoms with E-state index in [0.29, 0.717) is 22.5 Å². The number of hydrogen-bond acceptors (Lipinski definition) is 3. The van der Waals surface area contributed by atoms with Crippen molar-refractivity contribution in [1.29, 1.82) is 0 Å². The summed E-state index contributed by atoms with van der Waals surface area (Å²) in [5.74, 6) is -0.358. The Morgan fingerprint density at radius 1 is 0.914 bits per heavy atom. The Morgan fingerprint density at radius 3 is 2.43 bits per heavy atom. The Balaban J connectivity index is 1.48. The molecule has 35 heavy (non-hydrogen) atoms. The van der Waals surface area contributed by atoms with Crippen molar-refractivity contribution in [1.82, 2.24) is 14.8 Å². The molecular formula is C26H16ClF3N4O. The van der Waals surface area contributed by atoms with E-state index in [-0.39, 0.29) is 16.6 Å². The van der Waals surface area contributed by atoms with E-state index in [1.54, 1.807) is 72.9 Å². The van der Waals surface area contributed by atoms with Gasteiger partial charge in [0.05, 0.1) is 27.6 Å². The monoisotopic (exact) mass is 492 g/mol. The van der Waals surface area contributed by atoms with Gasteiger partial charge in [-0.15, -0.1) is 0 Å². The van der Waals surface area contributed by atoms with Gasteiger partial charge in [0.15, 0.2) is 5.69 Å². The van der Waals surface area contributed by atoms with Crippen molar-refractivity contribution in [2.24, 2.45) is 0 Å². The molecule has 3 aromatic carbocycles. The molecule has 0 bridgehead atoms. The average Bonchev–Trinajstić information content (AvgIpc) is 3.31. The molecule has 0 radical (unpaired) electrons. The number of rotatable bonds is 4. The van der Waals surface area contributed by atoms with Gasteiger partial charge in [-0.1, -0.05) is 41.9 Å². The fraction of sp³-hybridized carbons (Fsp3) is 0.0385. The van der Waals surface area contributed by atoms with Gasteiger partial charge in [0.2, 0.25) is 0 Å². The maximum Gasteiger partial charge on any atom is 0.435 e. The molecule has 2 aromatic heterocycles. The lowest BCUT2D eigenvalue weighted by molar-refractivity contribution is -0.141. The van der Waals surface area contributed by atoms with E-state index in [9.17, 15) is 18.0 Å². The number of amides is 1. The molecule has 0 unspecified atom stereocenters. The van der Waals surface area contributed by atoms with E-state index in [4.69, 9.17) is 11.6 Å². The summed E-state index contributed by atoms with van der Waals surface area (Å²) < 4.78 is 41.5. The summed E-state index contributed by atoms with van der Waals surface area (Å²) in [4.78, 5) is 17.1. The predicted octanol–water partition coefficient (Wildman–Crippen LogP) is 7.01. The molecule has 5 nitrogen and oxygen atoms in total. The Morgan fingerprint density at radius 2 is 1.69 bits per heavy atom. The fourth-order valence-electron chi connectivity index (χ4n) is 3.73. The second-order valence-electron chi connectivity index (χ2n) is 7.68. The zero-order chi connectivity index (χ0) is 24.6. The van der Waals surface area contributed by atoms with Crippen LogP contribution in [0.15, 0.2) is 91.1 Å². The Bertz CT molecular complexity index is 1540. The van der Waals surface area contributed by atoms with Gasteiger partial charge < -0.3 is 5.32 Å². The van der Waals surface area contributed by atoms with Crippen LogP contribution in [0.1, 0.15) is 16.1 Å². The first-order valence-electron chi connectivity index (χ1n) is 10.5. The van der Waals surface area contributed by atoms with Crippen molar-refractivity contribution in [3.63, 3.8) is 0 Å². The highest BCUT2D eigenvalue weighted by molar-refractivity contribution is 6.32. The summed E-state index contributed by atoms with van der Waals surface area (Å²) in [7, 11) is 0. The van der Waals surface area contributed by atoms with Crippen molar-refractivity contribution in [3.8, 4) is 16.9 Å². The molecule has 2 heterocycles. The molecular weight excluding hydrogens is 477 g/mol. The molecule has 0 fully saturated rings. The van der Waals surface area contributed by atoms with E-state index in [1.807, 2.05) is 12.1 Å².